The quantitative estimate of drug-likeness (QED) is 0.779. The third-order valence-electron chi connectivity index (χ3n) is 2.36. The standard InChI is InChI=1S/C12H14ClN3O4/c1-16(2)10(17)6-14-12(20)15-9-4-3-7(13)5-8(9)11(18)19/h3-5H,6H2,1-2H3,(H,18,19)(H2,14,15,20). The molecular formula is C12H14ClN3O4. The van der Waals surface area contributed by atoms with Crippen LogP contribution in [0.1, 0.15) is 10.4 Å². The van der Waals surface area contributed by atoms with E-state index in [-0.39, 0.29) is 28.7 Å². The van der Waals surface area contributed by atoms with Crippen LogP contribution in [0.5, 0.6) is 0 Å². The van der Waals surface area contributed by atoms with Gasteiger partial charge < -0.3 is 20.6 Å². The van der Waals surface area contributed by atoms with Crippen molar-refractivity contribution in [2.24, 2.45) is 0 Å². The molecule has 108 valence electrons. The number of amides is 3. The molecule has 0 saturated carbocycles. The van der Waals surface area contributed by atoms with Gasteiger partial charge >= 0.3 is 12.0 Å². The maximum Gasteiger partial charge on any atom is 0.337 e. The molecule has 7 nitrogen and oxygen atoms in total. The molecule has 0 atom stereocenters. The molecule has 0 aromatic heterocycles. The van der Waals surface area contributed by atoms with Gasteiger partial charge in [0, 0.05) is 19.1 Å². The Labute approximate surface area is 120 Å². The topological polar surface area (TPSA) is 98.7 Å². The van der Waals surface area contributed by atoms with E-state index >= 15 is 0 Å². The molecule has 0 aliphatic rings. The zero-order valence-corrected chi connectivity index (χ0v) is 11.7. The van der Waals surface area contributed by atoms with Gasteiger partial charge in [-0.2, -0.15) is 0 Å². The lowest BCUT2D eigenvalue weighted by Crippen LogP contribution is -2.38. The maximum atomic E-state index is 11.6. The van der Waals surface area contributed by atoms with E-state index in [2.05, 4.69) is 10.6 Å². The van der Waals surface area contributed by atoms with Crippen LogP contribution in [-0.2, 0) is 4.79 Å². The molecule has 0 aliphatic carbocycles. The molecule has 0 unspecified atom stereocenters. The average molecular weight is 300 g/mol. The minimum absolute atomic E-state index is 0.0942. The second-order valence-corrected chi connectivity index (χ2v) is 4.53. The minimum Gasteiger partial charge on any atom is -0.478 e. The number of halogens is 1. The minimum atomic E-state index is -1.22. The molecular weight excluding hydrogens is 286 g/mol. The molecule has 1 aromatic carbocycles. The van der Waals surface area contributed by atoms with E-state index in [0.29, 0.717) is 0 Å². The summed E-state index contributed by atoms with van der Waals surface area (Å²) in [6.45, 7) is -0.186. The summed E-state index contributed by atoms with van der Waals surface area (Å²) in [5.74, 6) is -1.50. The molecule has 0 heterocycles. The van der Waals surface area contributed by atoms with E-state index in [9.17, 15) is 14.4 Å². The number of anilines is 1. The highest BCUT2D eigenvalue weighted by Crippen LogP contribution is 2.20. The van der Waals surface area contributed by atoms with Crippen molar-refractivity contribution in [1.82, 2.24) is 10.2 Å². The molecule has 3 N–H and O–H groups in total. The summed E-state index contributed by atoms with van der Waals surface area (Å²) in [5, 5.41) is 13.9. The van der Waals surface area contributed by atoms with Crippen LogP contribution in [0.25, 0.3) is 0 Å². The SMILES string of the molecule is CN(C)C(=O)CNC(=O)Nc1ccc(Cl)cc1C(=O)O. The second-order valence-electron chi connectivity index (χ2n) is 4.09. The summed E-state index contributed by atoms with van der Waals surface area (Å²) in [5.41, 5.74) is -0.0386. The third-order valence-corrected chi connectivity index (χ3v) is 2.59. The molecule has 0 aliphatic heterocycles. The van der Waals surface area contributed by atoms with Gasteiger partial charge in [0.2, 0.25) is 5.91 Å². The molecule has 0 fully saturated rings. The summed E-state index contributed by atoms with van der Waals surface area (Å²) in [6.07, 6.45) is 0. The van der Waals surface area contributed by atoms with Gasteiger partial charge in [-0.05, 0) is 18.2 Å². The van der Waals surface area contributed by atoms with E-state index in [1.54, 1.807) is 14.1 Å². The van der Waals surface area contributed by atoms with Gasteiger partial charge in [-0.25, -0.2) is 9.59 Å². The number of carboxylic acid groups (broad SMARTS) is 1. The Morgan fingerprint density at radius 2 is 1.95 bits per heavy atom. The van der Waals surface area contributed by atoms with Crippen LogP contribution in [-0.4, -0.2) is 48.6 Å². The van der Waals surface area contributed by atoms with Gasteiger partial charge in [-0.15, -0.1) is 0 Å². The van der Waals surface area contributed by atoms with Crippen LogP contribution in [0, 0.1) is 0 Å². The number of hydrogen-bond donors (Lipinski definition) is 3. The first kappa shape index (κ1) is 15.8. The zero-order valence-electron chi connectivity index (χ0n) is 10.9. The lowest BCUT2D eigenvalue weighted by atomic mass is 10.2. The Kier molecular flexibility index (Phi) is 5.33. The highest BCUT2D eigenvalue weighted by molar-refractivity contribution is 6.31. The van der Waals surface area contributed by atoms with E-state index in [0.717, 1.165) is 0 Å². The first-order valence-electron chi connectivity index (χ1n) is 5.59. The van der Waals surface area contributed by atoms with E-state index in [1.807, 2.05) is 0 Å². The van der Waals surface area contributed by atoms with E-state index in [1.165, 1.54) is 23.1 Å². The molecule has 0 saturated heterocycles. The molecule has 0 radical (unpaired) electrons. The molecule has 20 heavy (non-hydrogen) atoms. The highest BCUT2D eigenvalue weighted by atomic mass is 35.5. The number of nitrogens with one attached hydrogen (secondary N) is 2. The number of hydrogen-bond acceptors (Lipinski definition) is 3. The van der Waals surface area contributed by atoms with Gasteiger partial charge in [0.25, 0.3) is 0 Å². The number of carbonyl (C=O) groups excluding carboxylic acids is 2. The Morgan fingerprint density at radius 1 is 1.30 bits per heavy atom. The fourth-order valence-corrected chi connectivity index (χ4v) is 1.46. The van der Waals surface area contributed by atoms with E-state index < -0.39 is 12.0 Å². The number of urea groups is 1. The van der Waals surface area contributed by atoms with Crippen molar-refractivity contribution < 1.29 is 19.5 Å². The first-order valence-corrected chi connectivity index (χ1v) is 5.97. The summed E-state index contributed by atoms with van der Waals surface area (Å²) in [4.78, 5) is 35.2. The largest absolute Gasteiger partial charge is 0.478 e. The van der Waals surface area contributed by atoms with Crippen molar-refractivity contribution in [3.63, 3.8) is 0 Å². The van der Waals surface area contributed by atoms with Crippen LogP contribution in [0.4, 0.5) is 10.5 Å². The Morgan fingerprint density at radius 3 is 2.50 bits per heavy atom. The Bertz CT molecular complexity index is 546. The average Bonchev–Trinajstić information content (AvgIpc) is 2.37. The molecule has 1 aromatic rings. The van der Waals surface area contributed by atoms with Crippen molar-refractivity contribution in [3.05, 3.63) is 28.8 Å². The monoisotopic (exact) mass is 299 g/mol. The second kappa shape index (κ2) is 6.76. The van der Waals surface area contributed by atoms with Crippen LogP contribution < -0.4 is 10.6 Å². The molecule has 3 amide bonds. The van der Waals surface area contributed by atoms with Crippen molar-refractivity contribution in [1.29, 1.82) is 0 Å². The Hall–Kier alpha value is -2.28. The van der Waals surface area contributed by atoms with Crippen molar-refractivity contribution in [3.8, 4) is 0 Å². The predicted octanol–water partition coefficient (Wildman–Crippen LogP) is 1.25. The van der Waals surface area contributed by atoms with Gasteiger partial charge in [0.15, 0.2) is 0 Å². The number of carbonyl (C=O) groups is 3. The summed E-state index contributed by atoms with van der Waals surface area (Å²) < 4.78 is 0. The van der Waals surface area contributed by atoms with Gasteiger partial charge in [0.05, 0.1) is 17.8 Å². The lowest BCUT2D eigenvalue weighted by molar-refractivity contribution is -0.127. The van der Waals surface area contributed by atoms with Gasteiger partial charge in [-0.3, -0.25) is 4.79 Å². The maximum absolute atomic E-state index is 11.6. The lowest BCUT2D eigenvalue weighted by Gasteiger charge is -2.12. The molecule has 8 heteroatoms. The zero-order chi connectivity index (χ0) is 15.3. The first-order chi connectivity index (χ1) is 9.31. The summed E-state index contributed by atoms with van der Waals surface area (Å²) in [7, 11) is 3.12. The summed E-state index contributed by atoms with van der Waals surface area (Å²) in [6, 6.07) is 3.38. The number of nitrogens with zero attached hydrogens (tertiary/aromatic N) is 1. The molecule has 1 rings (SSSR count). The van der Waals surface area contributed by atoms with Crippen LogP contribution in [0.3, 0.4) is 0 Å². The predicted molar refractivity (Wildman–Crippen MR) is 74.1 cm³/mol. The number of rotatable bonds is 4. The Balaban J connectivity index is 2.71. The third kappa shape index (κ3) is 4.43. The van der Waals surface area contributed by atoms with Crippen LogP contribution in [0.2, 0.25) is 5.02 Å². The smallest absolute Gasteiger partial charge is 0.337 e. The van der Waals surface area contributed by atoms with Gasteiger partial charge in [-0.1, -0.05) is 11.6 Å². The van der Waals surface area contributed by atoms with Crippen molar-refractivity contribution >= 4 is 35.2 Å². The van der Waals surface area contributed by atoms with Crippen molar-refractivity contribution in [2.75, 3.05) is 26.0 Å². The normalized spacial score (nSPS) is 9.75. The summed E-state index contributed by atoms with van der Waals surface area (Å²) >= 11 is 5.69. The van der Waals surface area contributed by atoms with Crippen LogP contribution >= 0.6 is 11.6 Å². The molecule has 0 spiro atoms. The number of carboxylic acids is 1. The van der Waals surface area contributed by atoms with Crippen molar-refractivity contribution in [2.45, 2.75) is 0 Å². The number of aromatic carboxylic acids is 1. The van der Waals surface area contributed by atoms with E-state index in [4.69, 9.17) is 16.7 Å². The number of likely N-dealkylation sites (N-methyl/N-ethyl adjacent to an activating group) is 1. The molecule has 0 bridgehead atoms. The number of benzene rings is 1. The fourth-order valence-electron chi connectivity index (χ4n) is 1.28. The van der Waals surface area contributed by atoms with Crippen LogP contribution in [0.15, 0.2) is 18.2 Å². The fraction of sp³-hybridized carbons (Fsp3) is 0.250. The van der Waals surface area contributed by atoms with Gasteiger partial charge in [0.1, 0.15) is 0 Å². The highest BCUT2D eigenvalue weighted by Gasteiger charge is 2.13.